The summed E-state index contributed by atoms with van der Waals surface area (Å²) >= 11 is 0. The minimum atomic E-state index is -0.969. The molecule has 1 heterocycles. The van der Waals surface area contributed by atoms with E-state index in [1.54, 1.807) is 28.9 Å². The highest BCUT2D eigenvalue weighted by molar-refractivity contribution is 5.88. The maximum Gasteiger partial charge on any atom is 0.339 e. The molecule has 0 aliphatic rings. The maximum absolute atomic E-state index is 11.1. The van der Waals surface area contributed by atoms with Crippen LogP contribution in [0.15, 0.2) is 30.5 Å². The minimum Gasteiger partial charge on any atom is -0.478 e. The molecule has 0 amide bonds. The second-order valence-electron chi connectivity index (χ2n) is 4.13. The van der Waals surface area contributed by atoms with Crippen molar-refractivity contribution in [2.45, 2.75) is 19.8 Å². The van der Waals surface area contributed by atoms with Gasteiger partial charge < -0.3 is 5.11 Å². The summed E-state index contributed by atoms with van der Waals surface area (Å²) in [5.74, 6) is -0.969. The van der Waals surface area contributed by atoms with E-state index in [0.717, 1.165) is 12.1 Å². The summed E-state index contributed by atoms with van der Waals surface area (Å²) in [4.78, 5) is 11.1. The average Bonchev–Trinajstić information content (AvgIpc) is 2.83. The Morgan fingerprint density at radius 1 is 1.42 bits per heavy atom. The summed E-state index contributed by atoms with van der Waals surface area (Å²) in [5.41, 5.74) is 2.23. The zero-order valence-electron chi connectivity index (χ0n) is 10.5. The van der Waals surface area contributed by atoms with Crippen LogP contribution in [0.1, 0.15) is 35.0 Å². The number of carboxylic acid groups (broad SMARTS) is 1. The van der Waals surface area contributed by atoms with Crippen LogP contribution in [0.5, 0.6) is 0 Å². The van der Waals surface area contributed by atoms with Gasteiger partial charge in [0, 0.05) is 0 Å². The van der Waals surface area contributed by atoms with Crippen LogP contribution in [0, 0.1) is 11.3 Å². The molecule has 5 nitrogen and oxygen atoms in total. The van der Waals surface area contributed by atoms with Crippen molar-refractivity contribution < 1.29 is 9.90 Å². The number of rotatable bonds is 4. The second kappa shape index (κ2) is 5.36. The molecule has 2 rings (SSSR count). The van der Waals surface area contributed by atoms with Gasteiger partial charge in [0.15, 0.2) is 0 Å². The zero-order chi connectivity index (χ0) is 13.8. The van der Waals surface area contributed by atoms with E-state index in [4.69, 9.17) is 10.4 Å². The number of hydrogen-bond acceptors (Lipinski definition) is 3. The topological polar surface area (TPSA) is 78.9 Å². The van der Waals surface area contributed by atoms with Crippen molar-refractivity contribution in [2.75, 3.05) is 0 Å². The Morgan fingerprint density at radius 3 is 2.63 bits per heavy atom. The molecule has 0 atom stereocenters. The van der Waals surface area contributed by atoms with Crippen molar-refractivity contribution in [1.29, 1.82) is 5.26 Å². The van der Waals surface area contributed by atoms with Crippen LogP contribution in [-0.4, -0.2) is 20.9 Å². The van der Waals surface area contributed by atoms with Crippen LogP contribution >= 0.6 is 0 Å². The van der Waals surface area contributed by atoms with E-state index in [1.807, 2.05) is 13.0 Å². The van der Waals surface area contributed by atoms with Crippen LogP contribution < -0.4 is 0 Å². The normalized spacial score (nSPS) is 10.1. The molecule has 0 radical (unpaired) electrons. The average molecular weight is 255 g/mol. The summed E-state index contributed by atoms with van der Waals surface area (Å²) in [6, 6.07) is 8.94. The first-order valence-corrected chi connectivity index (χ1v) is 5.98. The van der Waals surface area contributed by atoms with Crippen molar-refractivity contribution in [1.82, 2.24) is 9.78 Å². The second-order valence-corrected chi connectivity index (χ2v) is 4.13. The van der Waals surface area contributed by atoms with Crippen LogP contribution in [0.25, 0.3) is 5.69 Å². The van der Waals surface area contributed by atoms with E-state index in [1.165, 1.54) is 6.20 Å². The largest absolute Gasteiger partial charge is 0.478 e. The third kappa shape index (κ3) is 2.47. The maximum atomic E-state index is 11.1. The number of carbonyl (C=O) groups is 1. The first-order chi connectivity index (χ1) is 9.17. The van der Waals surface area contributed by atoms with E-state index < -0.39 is 5.97 Å². The summed E-state index contributed by atoms with van der Waals surface area (Å²) in [7, 11) is 0. The molecule has 0 saturated carbocycles. The molecule has 0 bridgehead atoms. The highest BCUT2D eigenvalue weighted by Gasteiger charge is 2.16. The van der Waals surface area contributed by atoms with Crippen molar-refractivity contribution in [3.63, 3.8) is 0 Å². The number of nitriles is 1. The van der Waals surface area contributed by atoms with Crippen molar-refractivity contribution in [3.8, 4) is 11.8 Å². The fourth-order valence-electron chi connectivity index (χ4n) is 1.93. The lowest BCUT2D eigenvalue weighted by atomic mass is 10.1. The molecule has 1 N–H and O–H groups in total. The lowest BCUT2D eigenvalue weighted by Crippen LogP contribution is -2.06. The van der Waals surface area contributed by atoms with Gasteiger partial charge in [-0.05, 0) is 30.7 Å². The highest BCUT2D eigenvalue weighted by atomic mass is 16.4. The van der Waals surface area contributed by atoms with Gasteiger partial charge >= 0.3 is 5.97 Å². The van der Waals surface area contributed by atoms with E-state index >= 15 is 0 Å². The fraction of sp³-hybridized carbons (Fsp3) is 0.214. The van der Waals surface area contributed by atoms with Gasteiger partial charge in [-0.3, -0.25) is 0 Å². The van der Waals surface area contributed by atoms with Crippen molar-refractivity contribution in [3.05, 3.63) is 47.3 Å². The predicted molar refractivity (Wildman–Crippen MR) is 69.2 cm³/mol. The zero-order valence-corrected chi connectivity index (χ0v) is 10.5. The molecule has 96 valence electrons. The molecule has 0 fully saturated rings. The number of aromatic nitrogens is 2. The van der Waals surface area contributed by atoms with Crippen LogP contribution in [0.4, 0.5) is 0 Å². The molecular weight excluding hydrogens is 242 g/mol. The monoisotopic (exact) mass is 255 g/mol. The molecule has 0 aliphatic heterocycles. The molecule has 0 unspecified atom stereocenters. The molecule has 0 saturated heterocycles. The van der Waals surface area contributed by atoms with Gasteiger partial charge in [0.05, 0.1) is 29.2 Å². The van der Waals surface area contributed by atoms with Gasteiger partial charge in [0.25, 0.3) is 0 Å². The van der Waals surface area contributed by atoms with Crippen LogP contribution in [0.3, 0.4) is 0 Å². The lowest BCUT2D eigenvalue weighted by Gasteiger charge is -2.07. The molecule has 1 aromatic heterocycles. The van der Waals surface area contributed by atoms with E-state index in [9.17, 15) is 4.79 Å². The Morgan fingerprint density at radius 2 is 2.11 bits per heavy atom. The molecule has 19 heavy (non-hydrogen) atoms. The quantitative estimate of drug-likeness (QED) is 0.909. The first kappa shape index (κ1) is 12.8. The highest BCUT2D eigenvalue weighted by Crippen LogP contribution is 2.17. The lowest BCUT2D eigenvalue weighted by molar-refractivity contribution is 0.0695. The van der Waals surface area contributed by atoms with Gasteiger partial charge in [0.2, 0.25) is 0 Å². The van der Waals surface area contributed by atoms with Gasteiger partial charge in [-0.15, -0.1) is 0 Å². The standard InChI is InChI=1S/C14H13N3O2/c1-2-3-13-12(14(18)19)9-16-17(13)11-6-4-10(8-15)5-7-11/h4-7,9H,2-3H2,1H3,(H,18,19). The number of nitrogens with zero attached hydrogens (tertiary/aromatic N) is 3. The van der Waals surface area contributed by atoms with Gasteiger partial charge in [-0.1, -0.05) is 13.3 Å². The summed E-state index contributed by atoms with van der Waals surface area (Å²) in [6.45, 7) is 1.99. The van der Waals surface area contributed by atoms with Gasteiger partial charge in [-0.2, -0.15) is 10.4 Å². The van der Waals surface area contributed by atoms with Crippen molar-refractivity contribution in [2.24, 2.45) is 0 Å². The Kier molecular flexibility index (Phi) is 3.62. The van der Waals surface area contributed by atoms with E-state index in [0.29, 0.717) is 17.7 Å². The van der Waals surface area contributed by atoms with Crippen molar-refractivity contribution >= 4 is 5.97 Å². The summed E-state index contributed by atoms with van der Waals surface area (Å²) in [5, 5.41) is 22.0. The van der Waals surface area contributed by atoms with E-state index in [-0.39, 0.29) is 5.56 Å². The predicted octanol–water partition coefficient (Wildman–Crippen LogP) is 2.39. The van der Waals surface area contributed by atoms with Gasteiger partial charge in [0.1, 0.15) is 5.56 Å². The molecule has 0 spiro atoms. The Bertz CT molecular complexity index is 636. The SMILES string of the molecule is CCCc1c(C(=O)O)cnn1-c1ccc(C#N)cc1. The summed E-state index contributed by atoms with van der Waals surface area (Å²) in [6.07, 6.45) is 2.84. The number of aromatic carboxylic acids is 1. The number of benzene rings is 1. The number of carboxylic acids is 1. The fourth-order valence-corrected chi connectivity index (χ4v) is 1.93. The first-order valence-electron chi connectivity index (χ1n) is 5.98. The Labute approximate surface area is 110 Å². The minimum absolute atomic E-state index is 0.228. The third-order valence-electron chi connectivity index (χ3n) is 2.83. The smallest absolute Gasteiger partial charge is 0.339 e. The Hall–Kier alpha value is -2.61. The van der Waals surface area contributed by atoms with Gasteiger partial charge in [-0.25, -0.2) is 9.48 Å². The molecule has 0 aliphatic carbocycles. The Balaban J connectivity index is 2.49. The molecule has 5 heteroatoms. The van der Waals surface area contributed by atoms with Crippen LogP contribution in [-0.2, 0) is 6.42 Å². The molecule has 1 aromatic carbocycles. The molecular formula is C14H13N3O2. The number of hydrogen-bond donors (Lipinski definition) is 1. The van der Waals surface area contributed by atoms with E-state index in [2.05, 4.69) is 5.10 Å². The molecule has 2 aromatic rings. The summed E-state index contributed by atoms with van der Waals surface area (Å²) < 4.78 is 1.62. The third-order valence-corrected chi connectivity index (χ3v) is 2.83. The van der Waals surface area contributed by atoms with Crippen LogP contribution in [0.2, 0.25) is 0 Å².